The monoisotopic (exact) mass is 273 g/mol. The standard InChI is InChI=1S/C16H23N3O/c17-15(18-10-9-16(20)7-2-8-16)19-14-6-5-12-3-1-4-13(12)11-14/h5-6,11,20H,1-4,7-10H2,(H3,17,18,19). The quantitative estimate of drug-likeness (QED) is 0.582. The number of rotatable bonds is 4. The predicted octanol–water partition coefficient (Wildman–Crippen LogP) is 2.21. The lowest BCUT2D eigenvalue weighted by molar-refractivity contribution is -0.0377. The van der Waals surface area contributed by atoms with Crippen LogP contribution in [0.1, 0.15) is 43.2 Å². The summed E-state index contributed by atoms with van der Waals surface area (Å²) in [6.07, 6.45) is 7.25. The fourth-order valence-electron chi connectivity index (χ4n) is 3.06. The average Bonchev–Trinajstić information content (AvgIpc) is 2.84. The molecule has 1 aromatic carbocycles. The second kappa shape index (κ2) is 5.44. The van der Waals surface area contributed by atoms with Crippen molar-refractivity contribution < 1.29 is 5.11 Å². The molecule has 0 aromatic heterocycles. The molecule has 3 rings (SSSR count). The highest BCUT2D eigenvalue weighted by atomic mass is 16.3. The SMILES string of the molecule is NC(=NCCC1(O)CCC1)Nc1ccc2c(c1)CCC2. The van der Waals surface area contributed by atoms with Crippen LogP contribution in [0.15, 0.2) is 23.2 Å². The van der Waals surface area contributed by atoms with Crippen LogP contribution in [0.2, 0.25) is 0 Å². The minimum absolute atomic E-state index is 0.436. The number of nitrogens with two attached hydrogens (primary N) is 1. The van der Waals surface area contributed by atoms with Gasteiger partial charge in [0, 0.05) is 12.2 Å². The summed E-state index contributed by atoms with van der Waals surface area (Å²) in [6, 6.07) is 6.41. The van der Waals surface area contributed by atoms with Crippen molar-refractivity contribution in [1.82, 2.24) is 0 Å². The van der Waals surface area contributed by atoms with Crippen LogP contribution in [0, 0.1) is 0 Å². The highest BCUT2D eigenvalue weighted by Gasteiger charge is 2.33. The molecule has 20 heavy (non-hydrogen) atoms. The minimum Gasteiger partial charge on any atom is -0.390 e. The molecule has 0 atom stereocenters. The van der Waals surface area contributed by atoms with E-state index >= 15 is 0 Å². The predicted molar refractivity (Wildman–Crippen MR) is 82.0 cm³/mol. The van der Waals surface area contributed by atoms with Crippen LogP contribution < -0.4 is 11.1 Å². The second-order valence-corrected chi connectivity index (χ2v) is 6.06. The van der Waals surface area contributed by atoms with E-state index in [4.69, 9.17) is 5.73 Å². The van der Waals surface area contributed by atoms with Gasteiger partial charge in [-0.25, -0.2) is 0 Å². The molecule has 0 saturated heterocycles. The molecule has 2 aliphatic carbocycles. The van der Waals surface area contributed by atoms with Crippen LogP contribution in [0.25, 0.3) is 0 Å². The van der Waals surface area contributed by atoms with E-state index in [9.17, 15) is 5.11 Å². The van der Waals surface area contributed by atoms with Crippen molar-refractivity contribution in [1.29, 1.82) is 0 Å². The molecule has 1 fully saturated rings. The van der Waals surface area contributed by atoms with Gasteiger partial charge in [0.05, 0.1) is 5.60 Å². The number of hydrogen-bond donors (Lipinski definition) is 3. The fourth-order valence-corrected chi connectivity index (χ4v) is 3.06. The average molecular weight is 273 g/mol. The van der Waals surface area contributed by atoms with E-state index in [0.29, 0.717) is 18.9 Å². The molecule has 0 spiro atoms. The first-order valence-corrected chi connectivity index (χ1v) is 7.56. The number of nitrogens with zero attached hydrogens (tertiary/aromatic N) is 1. The lowest BCUT2D eigenvalue weighted by atomic mass is 9.78. The van der Waals surface area contributed by atoms with Crippen LogP contribution in [-0.4, -0.2) is 23.2 Å². The van der Waals surface area contributed by atoms with Crippen molar-refractivity contribution in [3.05, 3.63) is 29.3 Å². The molecule has 2 aliphatic rings. The van der Waals surface area contributed by atoms with E-state index in [2.05, 4.69) is 28.5 Å². The molecule has 0 radical (unpaired) electrons. The Morgan fingerprint density at radius 3 is 2.80 bits per heavy atom. The second-order valence-electron chi connectivity index (χ2n) is 6.06. The first-order valence-electron chi connectivity index (χ1n) is 7.56. The van der Waals surface area contributed by atoms with Crippen molar-refractivity contribution in [3.8, 4) is 0 Å². The third kappa shape index (κ3) is 2.96. The Morgan fingerprint density at radius 2 is 2.05 bits per heavy atom. The molecule has 0 heterocycles. The van der Waals surface area contributed by atoms with E-state index in [-0.39, 0.29) is 0 Å². The molecule has 4 N–H and O–H groups in total. The maximum absolute atomic E-state index is 9.99. The number of benzene rings is 1. The van der Waals surface area contributed by atoms with Gasteiger partial charge in [0.1, 0.15) is 0 Å². The van der Waals surface area contributed by atoms with Gasteiger partial charge in [-0.3, -0.25) is 4.99 Å². The number of aliphatic hydroxyl groups is 1. The molecule has 1 aromatic rings. The van der Waals surface area contributed by atoms with Gasteiger partial charge in [-0.15, -0.1) is 0 Å². The smallest absolute Gasteiger partial charge is 0.193 e. The van der Waals surface area contributed by atoms with Crippen molar-refractivity contribution >= 4 is 11.6 Å². The Labute approximate surface area is 120 Å². The number of hydrogen-bond acceptors (Lipinski definition) is 2. The normalized spacial score (nSPS) is 20.4. The summed E-state index contributed by atoms with van der Waals surface area (Å²) in [5.41, 5.74) is 9.31. The van der Waals surface area contributed by atoms with Gasteiger partial charge >= 0.3 is 0 Å². The molecule has 1 saturated carbocycles. The Balaban J connectivity index is 1.54. The van der Waals surface area contributed by atoms with Crippen LogP contribution in [0.4, 0.5) is 5.69 Å². The van der Waals surface area contributed by atoms with Gasteiger partial charge in [0.2, 0.25) is 0 Å². The van der Waals surface area contributed by atoms with Gasteiger partial charge < -0.3 is 16.2 Å². The van der Waals surface area contributed by atoms with Crippen LogP contribution in [0.3, 0.4) is 0 Å². The molecule has 4 heteroatoms. The number of anilines is 1. The molecule has 108 valence electrons. The van der Waals surface area contributed by atoms with Crippen LogP contribution >= 0.6 is 0 Å². The third-order valence-electron chi connectivity index (χ3n) is 4.51. The van der Waals surface area contributed by atoms with Crippen LogP contribution in [-0.2, 0) is 12.8 Å². The minimum atomic E-state index is -0.475. The van der Waals surface area contributed by atoms with Gasteiger partial charge in [0.25, 0.3) is 0 Å². The third-order valence-corrected chi connectivity index (χ3v) is 4.51. The van der Waals surface area contributed by atoms with E-state index < -0.39 is 5.60 Å². The molecule has 0 amide bonds. The van der Waals surface area contributed by atoms with E-state index in [1.165, 1.54) is 24.0 Å². The van der Waals surface area contributed by atoms with E-state index in [0.717, 1.165) is 31.4 Å². The first-order chi connectivity index (χ1) is 9.65. The van der Waals surface area contributed by atoms with Gasteiger partial charge in [-0.2, -0.15) is 0 Å². The maximum Gasteiger partial charge on any atom is 0.193 e. The van der Waals surface area contributed by atoms with Crippen molar-refractivity contribution in [2.24, 2.45) is 10.7 Å². The summed E-state index contributed by atoms with van der Waals surface area (Å²) in [5.74, 6) is 0.436. The van der Waals surface area contributed by atoms with E-state index in [1.54, 1.807) is 0 Å². The van der Waals surface area contributed by atoms with Crippen LogP contribution in [0.5, 0.6) is 0 Å². The molecular formula is C16H23N3O. The zero-order valence-electron chi connectivity index (χ0n) is 11.9. The summed E-state index contributed by atoms with van der Waals surface area (Å²) < 4.78 is 0. The zero-order valence-corrected chi connectivity index (χ0v) is 11.9. The van der Waals surface area contributed by atoms with Crippen molar-refractivity contribution in [2.75, 3.05) is 11.9 Å². The molecule has 0 unspecified atom stereocenters. The number of nitrogens with one attached hydrogen (secondary N) is 1. The van der Waals surface area contributed by atoms with Crippen molar-refractivity contribution in [2.45, 2.75) is 50.5 Å². The zero-order chi connectivity index (χ0) is 14.0. The number of fused-ring (bicyclic) bond motifs is 1. The lowest BCUT2D eigenvalue weighted by Crippen LogP contribution is -2.37. The highest BCUT2D eigenvalue weighted by Crippen LogP contribution is 2.34. The Hall–Kier alpha value is -1.55. The summed E-state index contributed by atoms with van der Waals surface area (Å²) in [4.78, 5) is 4.30. The maximum atomic E-state index is 9.99. The van der Waals surface area contributed by atoms with Gasteiger partial charge in [-0.05, 0) is 68.2 Å². The molecular weight excluding hydrogens is 250 g/mol. The summed E-state index contributed by atoms with van der Waals surface area (Å²) >= 11 is 0. The largest absolute Gasteiger partial charge is 0.390 e. The Morgan fingerprint density at radius 1 is 1.25 bits per heavy atom. The lowest BCUT2D eigenvalue weighted by Gasteiger charge is -2.36. The molecule has 4 nitrogen and oxygen atoms in total. The number of aliphatic imine (C=N–C) groups is 1. The number of guanidine groups is 1. The van der Waals surface area contributed by atoms with E-state index in [1.807, 2.05) is 0 Å². The van der Waals surface area contributed by atoms with Crippen molar-refractivity contribution in [3.63, 3.8) is 0 Å². The molecule has 0 aliphatic heterocycles. The van der Waals surface area contributed by atoms with Gasteiger partial charge in [-0.1, -0.05) is 6.07 Å². The molecule has 0 bridgehead atoms. The Bertz CT molecular complexity index is 520. The van der Waals surface area contributed by atoms with Gasteiger partial charge in [0.15, 0.2) is 5.96 Å². The first kappa shape index (κ1) is 13.4. The Kier molecular flexibility index (Phi) is 3.66. The summed E-state index contributed by atoms with van der Waals surface area (Å²) in [7, 11) is 0. The fraction of sp³-hybridized carbons (Fsp3) is 0.562. The topological polar surface area (TPSA) is 70.6 Å². The summed E-state index contributed by atoms with van der Waals surface area (Å²) in [5, 5.41) is 13.1. The summed E-state index contributed by atoms with van der Waals surface area (Å²) in [6.45, 7) is 0.584. The highest BCUT2D eigenvalue weighted by molar-refractivity contribution is 5.92. The number of aryl methyl sites for hydroxylation is 2.